The molecule has 1 aliphatic heterocycles. The van der Waals surface area contributed by atoms with Crippen molar-refractivity contribution in [2.24, 2.45) is 0 Å². The molecule has 2 nitrogen and oxygen atoms in total. The van der Waals surface area contributed by atoms with E-state index < -0.39 is 0 Å². The molecule has 2 heteroatoms. The predicted molar refractivity (Wildman–Crippen MR) is 65.9 cm³/mol. The summed E-state index contributed by atoms with van der Waals surface area (Å²) < 4.78 is 5.81. The minimum absolute atomic E-state index is 0.351. The van der Waals surface area contributed by atoms with Gasteiger partial charge in [0.1, 0.15) is 12.4 Å². The van der Waals surface area contributed by atoms with Crippen molar-refractivity contribution in [3.63, 3.8) is 0 Å². The van der Waals surface area contributed by atoms with Crippen LogP contribution in [-0.4, -0.2) is 13.2 Å². The zero-order valence-corrected chi connectivity index (χ0v) is 9.36. The topological polar surface area (TPSA) is 21.3 Å². The maximum atomic E-state index is 5.81. The molecule has 0 spiro atoms. The first-order chi connectivity index (χ1) is 7.90. The standard InChI is InChI=1S/C14H15NO/c1-2-15-13-9-16-14-11-6-4-3-5-10(11)7-8-12(13)14/h3-8,13,15H,2,9H2,1H3. The van der Waals surface area contributed by atoms with Crippen LogP contribution in [0.15, 0.2) is 36.4 Å². The molecule has 2 aromatic carbocycles. The Labute approximate surface area is 95.2 Å². The van der Waals surface area contributed by atoms with E-state index >= 15 is 0 Å². The molecule has 0 saturated heterocycles. The first-order valence-electron chi connectivity index (χ1n) is 5.78. The van der Waals surface area contributed by atoms with Gasteiger partial charge in [0.15, 0.2) is 0 Å². The summed E-state index contributed by atoms with van der Waals surface area (Å²) in [6.45, 7) is 3.84. The summed E-state index contributed by atoms with van der Waals surface area (Å²) >= 11 is 0. The van der Waals surface area contributed by atoms with Crippen LogP contribution in [0, 0.1) is 0 Å². The monoisotopic (exact) mass is 213 g/mol. The summed E-state index contributed by atoms with van der Waals surface area (Å²) in [5.41, 5.74) is 1.29. The Morgan fingerprint density at radius 1 is 1.25 bits per heavy atom. The van der Waals surface area contributed by atoms with Gasteiger partial charge in [-0.1, -0.05) is 43.3 Å². The van der Waals surface area contributed by atoms with E-state index in [0.717, 1.165) is 18.9 Å². The second-order valence-electron chi connectivity index (χ2n) is 4.13. The molecule has 1 aliphatic rings. The Kier molecular flexibility index (Phi) is 2.29. The predicted octanol–water partition coefficient (Wildman–Crippen LogP) is 2.88. The molecule has 3 rings (SSSR count). The molecule has 1 unspecified atom stereocenters. The average Bonchev–Trinajstić information content (AvgIpc) is 2.73. The number of hydrogen-bond donors (Lipinski definition) is 1. The van der Waals surface area contributed by atoms with E-state index in [2.05, 4.69) is 48.6 Å². The van der Waals surface area contributed by atoms with Gasteiger partial charge in [-0.15, -0.1) is 0 Å². The van der Waals surface area contributed by atoms with Crippen LogP contribution in [0.5, 0.6) is 5.75 Å². The maximum Gasteiger partial charge on any atom is 0.132 e. The molecule has 1 atom stereocenters. The number of nitrogens with one attached hydrogen (secondary N) is 1. The van der Waals surface area contributed by atoms with E-state index in [0.29, 0.717) is 6.04 Å². The molecule has 0 aromatic heterocycles. The van der Waals surface area contributed by atoms with Crippen molar-refractivity contribution in [1.82, 2.24) is 5.32 Å². The fourth-order valence-electron chi connectivity index (χ4n) is 2.37. The molecule has 1 N–H and O–H groups in total. The number of likely N-dealkylation sites (N-methyl/N-ethyl adjacent to an activating group) is 1. The van der Waals surface area contributed by atoms with Crippen molar-refractivity contribution < 1.29 is 4.74 Å². The third-order valence-electron chi connectivity index (χ3n) is 3.13. The highest BCUT2D eigenvalue weighted by atomic mass is 16.5. The lowest BCUT2D eigenvalue weighted by Crippen LogP contribution is -2.21. The lowest BCUT2D eigenvalue weighted by molar-refractivity contribution is 0.316. The van der Waals surface area contributed by atoms with E-state index in [1.165, 1.54) is 16.3 Å². The van der Waals surface area contributed by atoms with Gasteiger partial charge in [0.05, 0.1) is 6.04 Å². The normalized spacial score (nSPS) is 18.4. The Bertz CT molecular complexity index is 521. The van der Waals surface area contributed by atoms with Crippen LogP contribution in [0.3, 0.4) is 0 Å². The van der Waals surface area contributed by atoms with Crippen LogP contribution >= 0.6 is 0 Å². The lowest BCUT2D eigenvalue weighted by atomic mass is 10.0. The first-order valence-corrected chi connectivity index (χ1v) is 5.78. The first kappa shape index (κ1) is 9.67. The second-order valence-corrected chi connectivity index (χ2v) is 4.13. The molecule has 0 fully saturated rings. The van der Waals surface area contributed by atoms with Gasteiger partial charge in [0.25, 0.3) is 0 Å². The SMILES string of the molecule is CCNC1COc2c1ccc1ccccc21. The van der Waals surface area contributed by atoms with Gasteiger partial charge in [-0.3, -0.25) is 0 Å². The van der Waals surface area contributed by atoms with Crippen LogP contribution in [0.2, 0.25) is 0 Å². The number of ether oxygens (including phenoxy) is 1. The van der Waals surface area contributed by atoms with Gasteiger partial charge < -0.3 is 10.1 Å². The van der Waals surface area contributed by atoms with E-state index in [9.17, 15) is 0 Å². The van der Waals surface area contributed by atoms with Crippen LogP contribution in [0.4, 0.5) is 0 Å². The fraction of sp³-hybridized carbons (Fsp3) is 0.286. The molecule has 0 aliphatic carbocycles. The van der Waals surface area contributed by atoms with Crippen molar-refractivity contribution in [2.45, 2.75) is 13.0 Å². The van der Waals surface area contributed by atoms with Crippen molar-refractivity contribution in [3.05, 3.63) is 42.0 Å². The zero-order chi connectivity index (χ0) is 11.0. The third-order valence-corrected chi connectivity index (χ3v) is 3.13. The van der Waals surface area contributed by atoms with Gasteiger partial charge >= 0.3 is 0 Å². The zero-order valence-electron chi connectivity index (χ0n) is 9.36. The molecule has 0 saturated carbocycles. The lowest BCUT2D eigenvalue weighted by Gasteiger charge is -2.09. The summed E-state index contributed by atoms with van der Waals surface area (Å²) in [5, 5.41) is 5.91. The summed E-state index contributed by atoms with van der Waals surface area (Å²) in [6.07, 6.45) is 0. The second kappa shape index (κ2) is 3.80. The van der Waals surface area contributed by atoms with Gasteiger partial charge in [-0.25, -0.2) is 0 Å². The van der Waals surface area contributed by atoms with Gasteiger partial charge in [0, 0.05) is 10.9 Å². The number of benzene rings is 2. The smallest absolute Gasteiger partial charge is 0.132 e. The molecule has 2 aromatic rings. The fourth-order valence-corrected chi connectivity index (χ4v) is 2.37. The average molecular weight is 213 g/mol. The summed E-state index contributed by atoms with van der Waals surface area (Å²) in [4.78, 5) is 0. The van der Waals surface area contributed by atoms with Crippen molar-refractivity contribution >= 4 is 10.8 Å². The number of rotatable bonds is 2. The van der Waals surface area contributed by atoms with Crippen molar-refractivity contribution in [2.75, 3.05) is 13.2 Å². The molecule has 1 heterocycles. The van der Waals surface area contributed by atoms with E-state index in [4.69, 9.17) is 4.74 Å². The van der Waals surface area contributed by atoms with Gasteiger partial charge in [-0.05, 0) is 11.9 Å². The maximum absolute atomic E-state index is 5.81. The Hall–Kier alpha value is -1.54. The molecular formula is C14H15NO. The van der Waals surface area contributed by atoms with Gasteiger partial charge in [-0.2, -0.15) is 0 Å². The minimum atomic E-state index is 0.351. The molecular weight excluding hydrogens is 198 g/mol. The third kappa shape index (κ3) is 1.38. The molecule has 0 bridgehead atoms. The highest BCUT2D eigenvalue weighted by molar-refractivity contribution is 5.90. The highest BCUT2D eigenvalue weighted by Gasteiger charge is 2.24. The van der Waals surface area contributed by atoms with Crippen molar-refractivity contribution in [3.8, 4) is 5.75 Å². The summed E-state index contributed by atoms with van der Waals surface area (Å²) in [6, 6.07) is 13.1. The summed E-state index contributed by atoms with van der Waals surface area (Å²) in [7, 11) is 0. The van der Waals surface area contributed by atoms with Crippen molar-refractivity contribution in [1.29, 1.82) is 0 Å². The molecule has 16 heavy (non-hydrogen) atoms. The largest absolute Gasteiger partial charge is 0.491 e. The van der Waals surface area contributed by atoms with Crippen LogP contribution < -0.4 is 10.1 Å². The number of hydrogen-bond acceptors (Lipinski definition) is 2. The van der Waals surface area contributed by atoms with Crippen LogP contribution in [0.25, 0.3) is 10.8 Å². The van der Waals surface area contributed by atoms with Crippen LogP contribution in [0.1, 0.15) is 18.5 Å². The Balaban J connectivity index is 2.15. The van der Waals surface area contributed by atoms with Gasteiger partial charge in [0.2, 0.25) is 0 Å². The summed E-state index contributed by atoms with van der Waals surface area (Å²) in [5.74, 6) is 1.06. The Morgan fingerprint density at radius 2 is 2.12 bits per heavy atom. The molecule has 0 amide bonds. The molecule has 0 radical (unpaired) electrons. The highest BCUT2D eigenvalue weighted by Crippen LogP contribution is 2.38. The Morgan fingerprint density at radius 3 is 3.00 bits per heavy atom. The van der Waals surface area contributed by atoms with E-state index in [-0.39, 0.29) is 0 Å². The number of fused-ring (bicyclic) bond motifs is 3. The van der Waals surface area contributed by atoms with E-state index in [1.54, 1.807) is 0 Å². The van der Waals surface area contributed by atoms with E-state index in [1.807, 2.05) is 0 Å². The minimum Gasteiger partial charge on any atom is -0.491 e. The quantitative estimate of drug-likeness (QED) is 0.828. The molecule has 82 valence electrons. The van der Waals surface area contributed by atoms with Crippen LogP contribution in [-0.2, 0) is 0 Å².